The van der Waals surface area contributed by atoms with E-state index in [2.05, 4.69) is 30.9 Å². The Labute approximate surface area is 94.7 Å². The van der Waals surface area contributed by atoms with Crippen LogP contribution in [0.5, 0.6) is 0 Å². The van der Waals surface area contributed by atoms with Crippen LogP contribution in [0.3, 0.4) is 0 Å². The first-order valence-corrected chi connectivity index (χ1v) is 5.15. The molecule has 0 amide bonds. The quantitative estimate of drug-likeness (QED) is 0.351. The lowest BCUT2D eigenvalue weighted by Gasteiger charge is -2.02. The number of pyridine rings is 1. The van der Waals surface area contributed by atoms with E-state index < -0.39 is 0 Å². The number of hydrogen-bond acceptors (Lipinski definition) is 2. The summed E-state index contributed by atoms with van der Waals surface area (Å²) in [5.74, 6) is 0. The maximum atomic E-state index is 8.25. The topological polar surface area (TPSA) is 61.7 Å². The van der Waals surface area contributed by atoms with Gasteiger partial charge in [-0.2, -0.15) is 0 Å². The van der Waals surface area contributed by atoms with Gasteiger partial charge in [0.2, 0.25) is 0 Å². The van der Waals surface area contributed by atoms with Gasteiger partial charge in [0.05, 0.1) is 12.1 Å². The fourth-order valence-electron chi connectivity index (χ4n) is 1.35. The minimum atomic E-state index is 0.314. The Kier molecular flexibility index (Phi) is 2.85. The molecular formula is C10H7BrN4. The summed E-state index contributed by atoms with van der Waals surface area (Å²) in [4.78, 5) is 7.09. The Morgan fingerprint density at radius 3 is 3.00 bits per heavy atom. The van der Waals surface area contributed by atoms with Crippen LogP contribution in [-0.2, 0) is 6.54 Å². The molecule has 0 aliphatic heterocycles. The van der Waals surface area contributed by atoms with Crippen LogP contribution in [0.1, 0.15) is 5.56 Å². The fourth-order valence-corrected chi connectivity index (χ4v) is 1.79. The van der Waals surface area contributed by atoms with Crippen molar-refractivity contribution in [1.82, 2.24) is 4.98 Å². The van der Waals surface area contributed by atoms with Crippen molar-refractivity contribution in [2.75, 3.05) is 0 Å². The minimum absolute atomic E-state index is 0.314. The average molecular weight is 263 g/mol. The lowest BCUT2D eigenvalue weighted by atomic mass is 10.2. The molecule has 0 aliphatic rings. The van der Waals surface area contributed by atoms with Crippen molar-refractivity contribution in [3.63, 3.8) is 0 Å². The molecule has 74 valence electrons. The van der Waals surface area contributed by atoms with Crippen LogP contribution in [0.4, 0.5) is 0 Å². The Balaban J connectivity index is 2.56. The molecule has 5 heteroatoms. The Hall–Kier alpha value is -1.58. The zero-order valence-corrected chi connectivity index (χ0v) is 9.35. The van der Waals surface area contributed by atoms with Crippen molar-refractivity contribution in [2.45, 2.75) is 6.54 Å². The van der Waals surface area contributed by atoms with E-state index in [1.54, 1.807) is 0 Å². The van der Waals surface area contributed by atoms with Gasteiger partial charge in [-0.3, -0.25) is 0 Å². The molecule has 1 heterocycles. The third kappa shape index (κ3) is 2.09. The molecule has 0 aliphatic carbocycles. The summed E-state index contributed by atoms with van der Waals surface area (Å²) in [5, 5.41) is 4.57. The van der Waals surface area contributed by atoms with E-state index >= 15 is 0 Å². The zero-order valence-electron chi connectivity index (χ0n) is 7.76. The van der Waals surface area contributed by atoms with Gasteiger partial charge in [-0.05, 0) is 39.2 Å². The Morgan fingerprint density at radius 1 is 1.40 bits per heavy atom. The molecule has 2 aromatic rings. The molecule has 0 saturated heterocycles. The highest BCUT2D eigenvalue weighted by Crippen LogP contribution is 2.21. The molecule has 0 bridgehead atoms. The summed E-state index contributed by atoms with van der Waals surface area (Å²) in [6, 6.07) is 9.79. The van der Waals surface area contributed by atoms with Gasteiger partial charge in [0, 0.05) is 10.3 Å². The first-order valence-electron chi connectivity index (χ1n) is 4.36. The van der Waals surface area contributed by atoms with Gasteiger partial charge in [-0.25, -0.2) is 4.98 Å². The molecule has 0 fully saturated rings. The summed E-state index contributed by atoms with van der Waals surface area (Å²) >= 11 is 3.35. The fraction of sp³-hybridized carbons (Fsp3) is 0.100. The number of para-hydroxylation sites is 1. The van der Waals surface area contributed by atoms with Crippen molar-refractivity contribution < 1.29 is 0 Å². The summed E-state index contributed by atoms with van der Waals surface area (Å²) in [6.07, 6.45) is 0. The van der Waals surface area contributed by atoms with Crippen molar-refractivity contribution in [3.05, 3.63) is 50.9 Å². The monoisotopic (exact) mass is 262 g/mol. The molecule has 0 spiro atoms. The van der Waals surface area contributed by atoms with E-state index in [0.29, 0.717) is 6.54 Å². The number of azide groups is 1. The first-order chi connectivity index (χ1) is 7.31. The van der Waals surface area contributed by atoms with E-state index in [1.807, 2.05) is 30.3 Å². The largest absolute Gasteiger partial charge is 0.241 e. The standard InChI is InChI=1S/C10H7BrN4/c11-10-8(6-13-15-12)5-7-3-1-2-4-9(7)14-10/h1-5H,6H2. The van der Waals surface area contributed by atoms with E-state index in [9.17, 15) is 0 Å². The van der Waals surface area contributed by atoms with Crippen LogP contribution < -0.4 is 0 Å². The number of fused-ring (bicyclic) bond motifs is 1. The van der Waals surface area contributed by atoms with E-state index in [0.717, 1.165) is 21.1 Å². The lowest BCUT2D eigenvalue weighted by molar-refractivity contribution is 1.02. The SMILES string of the molecule is [N-]=[N+]=NCc1cc2ccccc2nc1Br. The molecule has 4 nitrogen and oxygen atoms in total. The summed E-state index contributed by atoms with van der Waals surface area (Å²) in [5.41, 5.74) is 10.1. The second-order valence-electron chi connectivity index (χ2n) is 3.02. The van der Waals surface area contributed by atoms with Crippen molar-refractivity contribution in [1.29, 1.82) is 0 Å². The third-order valence-electron chi connectivity index (χ3n) is 2.05. The van der Waals surface area contributed by atoms with Gasteiger partial charge in [-0.15, -0.1) is 0 Å². The first kappa shape index (κ1) is 9.96. The van der Waals surface area contributed by atoms with Crippen LogP contribution in [0.15, 0.2) is 40.0 Å². The Bertz CT molecular complexity index is 546. The van der Waals surface area contributed by atoms with E-state index in [4.69, 9.17) is 5.53 Å². The van der Waals surface area contributed by atoms with Gasteiger partial charge in [0.25, 0.3) is 0 Å². The summed E-state index contributed by atoms with van der Waals surface area (Å²) in [7, 11) is 0. The highest BCUT2D eigenvalue weighted by atomic mass is 79.9. The normalized spacial score (nSPS) is 9.93. The molecule has 0 atom stereocenters. The highest BCUT2D eigenvalue weighted by Gasteiger charge is 2.02. The van der Waals surface area contributed by atoms with Crippen LogP contribution >= 0.6 is 15.9 Å². The summed E-state index contributed by atoms with van der Waals surface area (Å²) < 4.78 is 0.730. The molecule has 1 aromatic heterocycles. The number of rotatable bonds is 2. The average Bonchev–Trinajstić information content (AvgIpc) is 2.26. The number of benzene rings is 1. The third-order valence-corrected chi connectivity index (χ3v) is 2.74. The molecule has 0 radical (unpaired) electrons. The van der Waals surface area contributed by atoms with Crippen molar-refractivity contribution in [3.8, 4) is 0 Å². The van der Waals surface area contributed by atoms with Gasteiger partial charge in [0.1, 0.15) is 4.60 Å². The maximum Gasteiger partial charge on any atom is 0.110 e. The van der Waals surface area contributed by atoms with Crippen LogP contribution in [0.25, 0.3) is 21.3 Å². The van der Waals surface area contributed by atoms with E-state index in [1.165, 1.54) is 0 Å². The zero-order chi connectivity index (χ0) is 10.7. The van der Waals surface area contributed by atoms with Gasteiger partial charge in [0.15, 0.2) is 0 Å². The molecule has 0 saturated carbocycles. The Morgan fingerprint density at radius 2 is 2.20 bits per heavy atom. The predicted octanol–water partition coefficient (Wildman–Crippen LogP) is 3.81. The minimum Gasteiger partial charge on any atom is -0.241 e. The number of aromatic nitrogens is 1. The maximum absolute atomic E-state index is 8.25. The number of halogens is 1. The van der Waals surface area contributed by atoms with Crippen LogP contribution in [0, 0.1) is 0 Å². The van der Waals surface area contributed by atoms with E-state index in [-0.39, 0.29) is 0 Å². The predicted molar refractivity (Wildman–Crippen MR) is 62.3 cm³/mol. The van der Waals surface area contributed by atoms with Crippen molar-refractivity contribution >= 4 is 26.8 Å². The number of hydrogen-bond donors (Lipinski definition) is 0. The number of nitrogens with zero attached hydrogens (tertiary/aromatic N) is 4. The summed E-state index contributed by atoms with van der Waals surface area (Å²) in [6.45, 7) is 0.314. The van der Waals surface area contributed by atoms with Crippen LogP contribution in [0.2, 0.25) is 0 Å². The lowest BCUT2D eigenvalue weighted by Crippen LogP contribution is -1.88. The van der Waals surface area contributed by atoms with Crippen LogP contribution in [-0.4, -0.2) is 4.98 Å². The second-order valence-corrected chi connectivity index (χ2v) is 3.77. The van der Waals surface area contributed by atoms with Gasteiger partial charge >= 0.3 is 0 Å². The molecule has 15 heavy (non-hydrogen) atoms. The molecular weight excluding hydrogens is 256 g/mol. The molecule has 0 N–H and O–H groups in total. The molecule has 2 rings (SSSR count). The van der Waals surface area contributed by atoms with Gasteiger partial charge in [-0.1, -0.05) is 23.3 Å². The van der Waals surface area contributed by atoms with Crippen molar-refractivity contribution in [2.24, 2.45) is 5.11 Å². The molecule has 0 unspecified atom stereocenters. The smallest absolute Gasteiger partial charge is 0.110 e. The molecule has 1 aromatic carbocycles. The van der Waals surface area contributed by atoms with Gasteiger partial charge < -0.3 is 0 Å². The highest BCUT2D eigenvalue weighted by molar-refractivity contribution is 9.10. The second kappa shape index (κ2) is 4.29.